The molecule has 2 amide bonds. The Labute approximate surface area is 179 Å². The van der Waals surface area contributed by atoms with Gasteiger partial charge >= 0.3 is 0 Å². The Bertz CT molecular complexity index is 1070. The van der Waals surface area contributed by atoms with Crippen molar-refractivity contribution in [2.24, 2.45) is 0 Å². The molecule has 1 aliphatic heterocycles. The normalized spacial score (nSPS) is 12.6. The van der Waals surface area contributed by atoms with Crippen LogP contribution in [0.1, 0.15) is 15.9 Å². The molecule has 2 aromatic carbocycles. The zero-order chi connectivity index (χ0) is 20.9. The van der Waals surface area contributed by atoms with Gasteiger partial charge in [0.05, 0.1) is 18.4 Å². The first kappa shape index (κ1) is 20.0. The number of methoxy groups -OCH3 is 1. The molecule has 0 atom stereocenters. The number of rotatable bonds is 6. The van der Waals surface area contributed by atoms with Crippen LogP contribution in [-0.4, -0.2) is 37.0 Å². The van der Waals surface area contributed by atoms with Crippen LogP contribution in [0.25, 0.3) is 0 Å². The first-order valence-electron chi connectivity index (χ1n) is 9.59. The Morgan fingerprint density at radius 2 is 1.90 bits per heavy atom. The van der Waals surface area contributed by atoms with Crippen LogP contribution in [0.5, 0.6) is 5.75 Å². The van der Waals surface area contributed by atoms with Gasteiger partial charge in [0.25, 0.3) is 5.91 Å². The minimum atomic E-state index is -0.212. The summed E-state index contributed by atoms with van der Waals surface area (Å²) in [7, 11) is 1.63. The summed E-state index contributed by atoms with van der Waals surface area (Å²) in [5.41, 5.74) is 2.32. The molecular formula is C23H21N3O3S. The van der Waals surface area contributed by atoms with Crippen LogP contribution < -0.4 is 15.0 Å². The highest BCUT2D eigenvalue weighted by molar-refractivity contribution is 7.99. The molecule has 0 bridgehead atoms. The SMILES string of the molecule is COc1ccc(CCNC(=O)CN2C(=O)c3ccccc3Sc3ncccc32)cc1. The third-order valence-electron chi connectivity index (χ3n) is 4.81. The minimum Gasteiger partial charge on any atom is -0.497 e. The minimum absolute atomic E-state index is 0.0605. The van der Waals surface area contributed by atoms with E-state index in [1.807, 2.05) is 48.5 Å². The molecule has 0 aliphatic carbocycles. The van der Waals surface area contributed by atoms with Gasteiger partial charge in [-0.2, -0.15) is 0 Å². The van der Waals surface area contributed by atoms with Crippen LogP contribution in [-0.2, 0) is 11.2 Å². The third kappa shape index (κ3) is 4.31. The number of benzene rings is 2. The largest absolute Gasteiger partial charge is 0.497 e. The molecule has 1 aliphatic rings. The van der Waals surface area contributed by atoms with E-state index in [4.69, 9.17) is 4.74 Å². The van der Waals surface area contributed by atoms with E-state index in [2.05, 4.69) is 10.3 Å². The number of pyridine rings is 1. The van der Waals surface area contributed by atoms with Crippen molar-refractivity contribution in [2.45, 2.75) is 16.3 Å². The number of fused-ring (bicyclic) bond motifs is 2. The Hall–Kier alpha value is -3.32. The fraction of sp³-hybridized carbons (Fsp3) is 0.174. The number of hydrogen-bond donors (Lipinski definition) is 1. The average Bonchev–Trinajstić information content (AvgIpc) is 2.89. The zero-order valence-corrected chi connectivity index (χ0v) is 17.3. The number of carbonyl (C=O) groups is 2. The second-order valence-corrected chi connectivity index (χ2v) is 7.80. The van der Waals surface area contributed by atoms with E-state index in [0.29, 0.717) is 29.2 Å². The maximum atomic E-state index is 13.2. The van der Waals surface area contributed by atoms with Gasteiger partial charge < -0.3 is 10.1 Å². The Kier molecular flexibility index (Phi) is 5.99. The molecule has 1 N–H and O–H groups in total. The molecule has 3 aromatic rings. The summed E-state index contributed by atoms with van der Waals surface area (Å²) >= 11 is 1.44. The van der Waals surface area contributed by atoms with Crippen molar-refractivity contribution in [3.63, 3.8) is 0 Å². The van der Waals surface area contributed by atoms with Crippen molar-refractivity contribution in [3.8, 4) is 5.75 Å². The van der Waals surface area contributed by atoms with Crippen molar-refractivity contribution in [1.82, 2.24) is 10.3 Å². The number of anilines is 1. The topological polar surface area (TPSA) is 71.5 Å². The van der Waals surface area contributed by atoms with Crippen LogP contribution in [0.15, 0.2) is 76.8 Å². The van der Waals surface area contributed by atoms with Crippen molar-refractivity contribution in [2.75, 3.05) is 25.1 Å². The highest BCUT2D eigenvalue weighted by Crippen LogP contribution is 2.39. The van der Waals surface area contributed by atoms with E-state index in [9.17, 15) is 9.59 Å². The molecule has 7 heteroatoms. The van der Waals surface area contributed by atoms with Gasteiger partial charge in [-0.05, 0) is 48.4 Å². The van der Waals surface area contributed by atoms with Crippen LogP contribution in [0.3, 0.4) is 0 Å². The van der Waals surface area contributed by atoms with E-state index in [1.165, 1.54) is 16.7 Å². The van der Waals surface area contributed by atoms with Crippen LogP contribution in [0, 0.1) is 0 Å². The van der Waals surface area contributed by atoms with Crippen LogP contribution >= 0.6 is 11.8 Å². The Morgan fingerprint density at radius 3 is 2.70 bits per heavy atom. The van der Waals surface area contributed by atoms with Gasteiger partial charge in [0.1, 0.15) is 17.3 Å². The lowest BCUT2D eigenvalue weighted by molar-refractivity contribution is -0.119. The summed E-state index contributed by atoms with van der Waals surface area (Å²) in [6, 6.07) is 18.7. The molecule has 152 valence electrons. The molecule has 0 fully saturated rings. The number of nitrogens with zero attached hydrogens (tertiary/aromatic N) is 2. The predicted octanol–water partition coefficient (Wildman–Crippen LogP) is 3.56. The lowest BCUT2D eigenvalue weighted by Crippen LogP contribution is -2.41. The van der Waals surface area contributed by atoms with Crippen molar-refractivity contribution >= 4 is 29.3 Å². The Morgan fingerprint density at radius 1 is 1.10 bits per heavy atom. The van der Waals surface area contributed by atoms with E-state index in [1.54, 1.807) is 25.4 Å². The van der Waals surface area contributed by atoms with E-state index >= 15 is 0 Å². The fourth-order valence-corrected chi connectivity index (χ4v) is 4.27. The lowest BCUT2D eigenvalue weighted by Gasteiger charge is -2.22. The predicted molar refractivity (Wildman–Crippen MR) is 116 cm³/mol. The summed E-state index contributed by atoms with van der Waals surface area (Å²) in [5, 5.41) is 3.62. The van der Waals surface area contributed by atoms with Gasteiger partial charge in [-0.15, -0.1) is 0 Å². The highest BCUT2D eigenvalue weighted by atomic mass is 32.2. The maximum absolute atomic E-state index is 13.2. The monoisotopic (exact) mass is 419 g/mol. The van der Waals surface area contributed by atoms with Crippen LogP contribution in [0.4, 0.5) is 5.69 Å². The molecule has 6 nitrogen and oxygen atoms in total. The van der Waals surface area contributed by atoms with E-state index in [-0.39, 0.29) is 18.4 Å². The molecule has 0 saturated heterocycles. The number of nitrogens with one attached hydrogen (secondary N) is 1. The van der Waals surface area contributed by atoms with E-state index < -0.39 is 0 Å². The van der Waals surface area contributed by atoms with Gasteiger partial charge in [0.15, 0.2) is 0 Å². The van der Waals surface area contributed by atoms with Crippen molar-refractivity contribution in [3.05, 3.63) is 78.0 Å². The molecule has 0 saturated carbocycles. The maximum Gasteiger partial charge on any atom is 0.259 e. The number of hydrogen-bond acceptors (Lipinski definition) is 5. The first-order valence-corrected chi connectivity index (χ1v) is 10.4. The standard InChI is InChI=1S/C23H21N3O3S/c1-29-17-10-8-16(9-11-17)12-14-24-21(27)15-26-19-6-4-13-25-22(19)30-20-7-3-2-5-18(20)23(26)28/h2-11,13H,12,14-15H2,1H3,(H,24,27). The number of ether oxygens (including phenoxy) is 1. The quantitative estimate of drug-likeness (QED) is 0.662. The molecule has 0 unspecified atom stereocenters. The zero-order valence-electron chi connectivity index (χ0n) is 16.5. The number of carbonyl (C=O) groups excluding carboxylic acids is 2. The van der Waals surface area contributed by atoms with Crippen molar-refractivity contribution < 1.29 is 14.3 Å². The molecular weight excluding hydrogens is 398 g/mol. The first-order chi connectivity index (χ1) is 14.7. The van der Waals surface area contributed by atoms with Gasteiger partial charge in [0, 0.05) is 17.6 Å². The van der Waals surface area contributed by atoms with Gasteiger partial charge in [-0.3, -0.25) is 14.5 Å². The molecule has 30 heavy (non-hydrogen) atoms. The summed E-state index contributed by atoms with van der Waals surface area (Å²) in [4.78, 5) is 32.6. The van der Waals surface area contributed by atoms with Gasteiger partial charge in [-0.25, -0.2) is 4.98 Å². The molecule has 1 aromatic heterocycles. The van der Waals surface area contributed by atoms with E-state index in [0.717, 1.165) is 16.2 Å². The number of amides is 2. The lowest BCUT2D eigenvalue weighted by atomic mass is 10.1. The van der Waals surface area contributed by atoms with Crippen LogP contribution in [0.2, 0.25) is 0 Å². The second kappa shape index (κ2) is 9.00. The summed E-state index contributed by atoms with van der Waals surface area (Å²) in [6.45, 7) is 0.424. The molecule has 0 radical (unpaired) electrons. The van der Waals surface area contributed by atoms with Gasteiger partial charge in [-0.1, -0.05) is 36.0 Å². The molecule has 2 heterocycles. The summed E-state index contributed by atoms with van der Waals surface area (Å²) in [6.07, 6.45) is 2.39. The summed E-state index contributed by atoms with van der Waals surface area (Å²) in [5.74, 6) is 0.388. The van der Waals surface area contributed by atoms with Gasteiger partial charge in [0.2, 0.25) is 5.91 Å². The molecule has 4 rings (SSSR count). The van der Waals surface area contributed by atoms with Crippen molar-refractivity contribution in [1.29, 1.82) is 0 Å². The molecule has 0 spiro atoms. The highest BCUT2D eigenvalue weighted by Gasteiger charge is 2.29. The third-order valence-corrected chi connectivity index (χ3v) is 5.89. The Balaban J connectivity index is 1.45. The smallest absolute Gasteiger partial charge is 0.259 e. The number of aromatic nitrogens is 1. The second-order valence-electron chi connectivity index (χ2n) is 6.77. The average molecular weight is 420 g/mol. The summed E-state index contributed by atoms with van der Waals surface area (Å²) < 4.78 is 5.16. The fourth-order valence-electron chi connectivity index (χ4n) is 3.25.